The van der Waals surface area contributed by atoms with Gasteiger partial charge in [0.1, 0.15) is 0 Å². The fourth-order valence-electron chi connectivity index (χ4n) is 2.92. The third kappa shape index (κ3) is 3.30. The maximum atomic E-state index is 11.0. The average molecular weight is 319 g/mol. The third-order valence-corrected chi connectivity index (χ3v) is 4.28. The van der Waals surface area contributed by atoms with E-state index in [2.05, 4.69) is 14.9 Å². The Hall–Kier alpha value is -2.12. The van der Waals surface area contributed by atoms with Crippen molar-refractivity contribution in [2.45, 2.75) is 25.0 Å². The lowest BCUT2D eigenvalue weighted by atomic mass is 9.85. The molecule has 1 aliphatic rings. The van der Waals surface area contributed by atoms with E-state index in [4.69, 9.17) is 13.9 Å². The van der Waals surface area contributed by atoms with Crippen LogP contribution in [0.4, 0.5) is 0 Å². The average Bonchev–Trinajstić information content (AvgIpc) is 3.09. The fraction of sp³-hybridized carbons (Fsp3) is 0.500. The third-order valence-electron chi connectivity index (χ3n) is 4.28. The molecule has 0 atom stereocenters. The molecule has 124 valence electrons. The molecule has 0 saturated carbocycles. The molecule has 23 heavy (non-hydrogen) atoms. The van der Waals surface area contributed by atoms with E-state index in [0.29, 0.717) is 24.3 Å². The Balaban J connectivity index is 1.71. The van der Waals surface area contributed by atoms with Crippen LogP contribution in [-0.4, -0.2) is 47.3 Å². The Morgan fingerprint density at radius 3 is 2.70 bits per heavy atom. The number of likely N-dealkylation sites (tertiary alicyclic amines) is 1. The number of rotatable bonds is 5. The molecule has 0 spiro atoms. The van der Waals surface area contributed by atoms with Crippen LogP contribution in [0, 0.1) is 0 Å². The molecule has 0 aromatic carbocycles. The van der Waals surface area contributed by atoms with E-state index < -0.39 is 5.60 Å². The van der Waals surface area contributed by atoms with Crippen LogP contribution in [0.15, 0.2) is 29.2 Å². The maximum absolute atomic E-state index is 11.0. The second-order valence-corrected chi connectivity index (χ2v) is 5.72. The summed E-state index contributed by atoms with van der Waals surface area (Å²) < 4.78 is 15.4. The van der Waals surface area contributed by atoms with Gasteiger partial charge in [0.05, 0.1) is 37.9 Å². The molecule has 0 radical (unpaired) electrons. The zero-order valence-corrected chi connectivity index (χ0v) is 13.4. The summed E-state index contributed by atoms with van der Waals surface area (Å²) in [5, 5.41) is 11.0. The first-order valence-corrected chi connectivity index (χ1v) is 7.56. The van der Waals surface area contributed by atoms with Crippen LogP contribution in [0.2, 0.25) is 0 Å². The van der Waals surface area contributed by atoms with Crippen molar-refractivity contribution in [2.75, 3.05) is 27.3 Å². The maximum Gasteiger partial charge on any atom is 0.319 e. The number of furan rings is 1. The molecule has 2 aromatic heterocycles. The molecule has 0 bridgehead atoms. The molecule has 3 heterocycles. The van der Waals surface area contributed by atoms with Gasteiger partial charge in [-0.1, -0.05) is 0 Å². The summed E-state index contributed by atoms with van der Waals surface area (Å²) in [6.45, 7) is 2.37. The highest BCUT2D eigenvalue weighted by Gasteiger charge is 2.37. The number of hydrogen-bond acceptors (Lipinski definition) is 7. The van der Waals surface area contributed by atoms with Gasteiger partial charge in [0, 0.05) is 31.4 Å². The van der Waals surface area contributed by atoms with E-state index in [1.54, 1.807) is 18.7 Å². The predicted octanol–water partition coefficient (Wildman–Crippen LogP) is 1.57. The number of hydrogen-bond donors (Lipinski definition) is 1. The van der Waals surface area contributed by atoms with Gasteiger partial charge in [-0.25, -0.2) is 4.98 Å². The van der Waals surface area contributed by atoms with Gasteiger partial charge >= 0.3 is 6.01 Å². The first-order chi connectivity index (χ1) is 11.1. The SMILES string of the molecule is COc1ncc(C2(O)CCN(Cc3ccoc3)CC2)c(OC)n1. The zero-order chi connectivity index (χ0) is 16.3. The van der Waals surface area contributed by atoms with Crippen molar-refractivity contribution in [1.29, 1.82) is 0 Å². The van der Waals surface area contributed by atoms with Crippen LogP contribution in [0.1, 0.15) is 24.0 Å². The van der Waals surface area contributed by atoms with Crippen molar-refractivity contribution in [3.63, 3.8) is 0 Å². The normalized spacial score (nSPS) is 17.9. The van der Waals surface area contributed by atoms with Crippen LogP contribution in [0.5, 0.6) is 11.9 Å². The Labute approximate surface area is 134 Å². The molecular weight excluding hydrogens is 298 g/mol. The minimum Gasteiger partial charge on any atom is -0.481 e. The highest BCUT2D eigenvalue weighted by atomic mass is 16.5. The summed E-state index contributed by atoms with van der Waals surface area (Å²) in [6.07, 6.45) is 6.21. The molecule has 0 amide bonds. The molecular formula is C16H21N3O4. The summed E-state index contributed by atoms with van der Waals surface area (Å²) in [5.74, 6) is 0.364. The second-order valence-electron chi connectivity index (χ2n) is 5.72. The Morgan fingerprint density at radius 1 is 1.30 bits per heavy atom. The van der Waals surface area contributed by atoms with Gasteiger partial charge in [-0.2, -0.15) is 4.98 Å². The van der Waals surface area contributed by atoms with Gasteiger partial charge in [0.15, 0.2) is 0 Å². The number of nitrogens with zero attached hydrogens (tertiary/aromatic N) is 3. The van der Waals surface area contributed by atoms with Gasteiger partial charge in [-0.3, -0.25) is 4.90 Å². The second kappa shape index (κ2) is 6.55. The quantitative estimate of drug-likeness (QED) is 0.896. The van der Waals surface area contributed by atoms with Crippen molar-refractivity contribution >= 4 is 0 Å². The van der Waals surface area contributed by atoms with Gasteiger partial charge < -0.3 is 19.0 Å². The number of ether oxygens (including phenoxy) is 2. The van der Waals surface area contributed by atoms with Crippen molar-refractivity contribution in [3.05, 3.63) is 35.9 Å². The Bertz CT molecular complexity index is 637. The molecule has 1 aliphatic heterocycles. The smallest absolute Gasteiger partial charge is 0.319 e. The first kappa shape index (κ1) is 15.8. The molecule has 3 rings (SSSR count). The molecule has 0 aliphatic carbocycles. The highest BCUT2D eigenvalue weighted by molar-refractivity contribution is 5.32. The van der Waals surface area contributed by atoms with Crippen LogP contribution in [-0.2, 0) is 12.1 Å². The van der Waals surface area contributed by atoms with Gasteiger partial charge in [-0.05, 0) is 18.9 Å². The van der Waals surface area contributed by atoms with Crippen molar-refractivity contribution in [2.24, 2.45) is 0 Å². The fourth-order valence-corrected chi connectivity index (χ4v) is 2.92. The summed E-state index contributed by atoms with van der Waals surface area (Å²) in [6, 6.07) is 2.19. The largest absolute Gasteiger partial charge is 0.481 e. The molecule has 7 heteroatoms. The van der Waals surface area contributed by atoms with Crippen molar-refractivity contribution in [1.82, 2.24) is 14.9 Å². The monoisotopic (exact) mass is 319 g/mol. The lowest BCUT2D eigenvalue weighted by Gasteiger charge is -2.38. The summed E-state index contributed by atoms with van der Waals surface area (Å²) >= 11 is 0. The summed E-state index contributed by atoms with van der Waals surface area (Å²) in [7, 11) is 3.03. The van der Waals surface area contributed by atoms with E-state index in [9.17, 15) is 5.11 Å². The van der Waals surface area contributed by atoms with E-state index in [-0.39, 0.29) is 6.01 Å². The number of methoxy groups -OCH3 is 2. The Morgan fingerprint density at radius 2 is 2.09 bits per heavy atom. The molecule has 1 saturated heterocycles. The van der Waals surface area contributed by atoms with Crippen LogP contribution in [0.25, 0.3) is 0 Å². The minimum atomic E-state index is -0.982. The standard InChI is InChI=1S/C16H21N3O4/c1-21-14-13(9-17-15(18-14)22-2)16(20)4-6-19(7-5-16)10-12-3-8-23-11-12/h3,8-9,11,20H,4-7,10H2,1-2H3. The first-order valence-electron chi connectivity index (χ1n) is 7.56. The van der Waals surface area contributed by atoms with E-state index in [1.807, 2.05) is 6.07 Å². The Kier molecular flexibility index (Phi) is 4.49. The van der Waals surface area contributed by atoms with Gasteiger partial charge in [0.25, 0.3) is 0 Å². The molecule has 2 aromatic rings. The molecule has 7 nitrogen and oxygen atoms in total. The molecule has 1 N–H and O–H groups in total. The minimum absolute atomic E-state index is 0.228. The van der Waals surface area contributed by atoms with E-state index in [0.717, 1.165) is 25.2 Å². The summed E-state index contributed by atoms with van der Waals surface area (Å²) in [4.78, 5) is 10.6. The van der Waals surface area contributed by atoms with Crippen LogP contribution < -0.4 is 9.47 Å². The topological polar surface area (TPSA) is 80.9 Å². The van der Waals surface area contributed by atoms with Gasteiger partial charge in [0.2, 0.25) is 5.88 Å². The van der Waals surface area contributed by atoms with Crippen LogP contribution in [0.3, 0.4) is 0 Å². The van der Waals surface area contributed by atoms with Crippen molar-refractivity contribution in [3.8, 4) is 11.9 Å². The van der Waals surface area contributed by atoms with Gasteiger partial charge in [-0.15, -0.1) is 0 Å². The lowest BCUT2D eigenvalue weighted by Crippen LogP contribution is -2.42. The predicted molar refractivity (Wildman–Crippen MR) is 82.3 cm³/mol. The summed E-state index contributed by atoms with van der Waals surface area (Å²) in [5.41, 5.74) is 0.773. The number of aromatic nitrogens is 2. The highest BCUT2D eigenvalue weighted by Crippen LogP contribution is 2.37. The molecule has 1 fully saturated rings. The van der Waals surface area contributed by atoms with E-state index in [1.165, 1.54) is 14.2 Å². The number of piperidine rings is 1. The number of aliphatic hydroxyl groups is 1. The van der Waals surface area contributed by atoms with Crippen LogP contribution >= 0.6 is 0 Å². The van der Waals surface area contributed by atoms with E-state index >= 15 is 0 Å². The molecule has 0 unspecified atom stereocenters. The van der Waals surface area contributed by atoms with Crippen molar-refractivity contribution < 1.29 is 19.0 Å². The zero-order valence-electron chi connectivity index (χ0n) is 13.4. The lowest BCUT2D eigenvalue weighted by molar-refractivity contribution is -0.0300.